The third-order valence-electron chi connectivity index (χ3n) is 4.49. The van der Waals surface area contributed by atoms with E-state index in [0.29, 0.717) is 5.41 Å². The normalized spacial score (nSPS) is 19.3. The zero-order valence-electron chi connectivity index (χ0n) is 10.9. The average molecular weight is 233 g/mol. The number of pyridine rings is 1. The van der Waals surface area contributed by atoms with Gasteiger partial charge in [0.15, 0.2) is 0 Å². The molecule has 0 aromatic carbocycles. The summed E-state index contributed by atoms with van der Waals surface area (Å²) in [6.07, 6.45) is 8.72. The standard InChI is InChI=1S/C14H23N3/c1-3-14(4-2)6-9-17(10-7-14)13-5-8-16-11-12(13)15/h5,8,11H,3-4,6-7,9-10,15H2,1-2H3. The lowest BCUT2D eigenvalue weighted by molar-refractivity contribution is 0.199. The summed E-state index contributed by atoms with van der Waals surface area (Å²) >= 11 is 0. The van der Waals surface area contributed by atoms with Gasteiger partial charge in [-0.25, -0.2) is 0 Å². The fourth-order valence-electron chi connectivity index (χ4n) is 2.87. The molecule has 0 unspecified atom stereocenters. The second-order valence-electron chi connectivity index (χ2n) is 5.13. The van der Waals surface area contributed by atoms with Crippen LogP contribution in [0.3, 0.4) is 0 Å². The molecule has 2 heterocycles. The van der Waals surface area contributed by atoms with Gasteiger partial charge < -0.3 is 10.6 Å². The topological polar surface area (TPSA) is 42.2 Å². The van der Waals surface area contributed by atoms with E-state index in [1.54, 1.807) is 6.20 Å². The van der Waals surface area contributed by atoms with Crippen molar-refractivity contribution >= 4 is 11.4 Å². The van der Waals surface area contributed by atoms with E-state index in [9.17, 15) is 0 Å². The predicted octanol–water partition coefficient (Wildman–Crippen LogP) is 3.07. The van der Waals surface area contributed by atoms with Crippen LogP contribution in [-0.4, -0.2) is 18.1 Å². The fourth-order valence-corrected chi connectivity index (χ4v) is 2.87. The first-order chi connectivity index (χ1) is 8.21. The minimum Gasteiger partial charge on any atom is -0.396 e. The van der Waals surface area contributed by atoms with Gasteiger partial charge in [0.05, 0.1) is 17.6 Å². The number of nitrogens with zero attached hydrogens (tertiary/aromatic N) is 2. The van der Waals surface area contributed by atoms with Crippen molar-refractivity contribution in [2.24, 2.45) is 5.41 Å². The molecule has 2 N–H and O–H groups in total. The van der Waals surface area contributed by atoms with Gasteiger partial charge in [-0.1, -0.05) is 26.7 Å². The quantitative estimate of drug-likeness (QED) is 0.872. The van der Waals surface area contributed by atoms with Crippen molar-refractivity contribution in [2.45, 2.75) is 39.5 Å². The average Bonchev–Trinajstić information content (AvgIpc) is 2.40. The van der Waals surface area contributed by atoms with Crippen molar-refractivity contribution in [1.29, 1.82) is 0 Å². The van der Waals surface area contributed by atoms with Crippen LogP contribution in [0, 0.1) is 5.41 Å². The van der Waals surface area contributed by atoms with Crippen molar-refractivity contribution in [3.05, 3.63) is 18.5 Å². The van der Waals surface area contributed by atoms with E-state index in [4.69, 9.17) is 5.73 Å². The highest BCUT2D eigenvalue weighted by molar-refractivity contribution is 5.66. The highest BCUT2D eigenvalue weighted by Crippen LogP contribution is 2.39. The molecule has 0 bridgehead atoms. The third kappa shape index (κ3) is 2.38. The van der Waals surface area contributed by atoms with Crippen molar-refractivity contribution in [3.63, 3.8) is 0 Å². The molecule has 2 rings (SSSR count). The minimum absolute atomic E-state index is 0.568. The van der Waals surface area contributed by atoms with Crippen molar-refractivity contribution in [3.8, 4) is 0 Å². The Balaban J connectivity index is 2.07. The maximum Gasteiger partial charge on any atom is 0.0738 e. The van der Waals surface area contributed by atoms with Crippen LogP contribution in [-0.2, 0) is 0 Å². The van der Waals surface area contributed by atoms with Crippen LogP contribution in [0.5, 0.6) is 0 Å². The monoisotopic (exact) mass is 233 g/mol. The Bertz CT molecular complexity index is 361. The van der Waals surface area contributed by atoms with E-state index in [0.717, 1.165) is 24.5 Å². The molecule has 1 aromatic rings. The number of hydrogen-bond donors (Lipinski definition) is 1. The van der Waals surface area contributed by atoms with Crippen LogP contribution < -0.4 is 10.6 Å². The van der Waals surface area contributed by atoms with Crippen LogP contribution in [0.15, 0.2) is 18.5 Å². The molecule has 3 heteroatoms. The second kappa shape index (κ2) is 4.94. The largest absolute Gasteiger partial charge is 0.396 e. The maximum absolute atomic E-state index is 5.98. The SMILES string of the molecule is CCC1(CC)CCN(c2ccncc2N)CC1. The zero-order chi connectivity index (χ0) is 12.3. The second-order valence-corrected chi connectivity index (χ2v) is 5.13. The lowest BCUT2D eigenvalue weighted by Gasteiger charge is -2.42. The number of aromatic nitrogens is 1. The molecular formula is C14H23N3. The highest BCUT2D eigenvalue weighted by atomic mass is 15.1. The number of nitrogens with two attached hydrogens (primary N) is 1. The smallest absolute Gasteiger partial charge is 0.0738 e. The summed E-state index contributed by atoms with van der Waals surface area (Å²) in [6.45, 7) is 6.88. The molecule has 1 aliphatic rings. The molecule has 1 fully saturated rings. The Morgan fingerprint density at radius 1 is 1.29 bits per heavy atom. The van der Waals surface area contributed by atoms with Gasteiger partial charge in [0, 0.05) is 19.3 Å². The van der Waals surface area contributed by atoms with E-state index >= 15 is 0 Å². The number of anilines is 2. The molecule has 0 amide bonds. The molecule has 0 atom stereocenters. The van der Waals surface area contributed by atoms with Gasteiger partial charge in [0.2, 0.25) is 0 Å². The summed E-state index contributed by atoms with van der Waals surface area (Å²) in [5, 5.41) is 0. The van der Waals surface area contributed by atoms with E-state index in [2.05, 4.69) is 23.7 Å². The summed E-state index contributed by atoms with van der Waals surface area (Å²) < 4.78 is 0. The van der Waals surface area contributed by atoms with Gasteiger partial charge >= 0.3 is 0 Å². The van der Waals surface area contributed by atoms with E-state index in [1.165, 1.54) is 25.7 Å². The fraction of sp³-hybridized carbons (Fsp3) is 0.643. The molecule has 1 saturated heterocycles. The minimum atomic E-state index is 0.568. The molecule has 1 aromatic heterocycles. The lowest BCUT2D eigenvalue weighted by Crippen LogP contribution is -2.39. The predicted molar refractivity (Wildman–Crippen MR) is 73.1 cm³/mol. The van der Waals surface area contributed by atoms with Gasteiger partial charge in [-0.15, -0.1) is 0 Å². The Morgan fingerprint density at radius 2 is 1.94 bits per heavy atom. The van der Waals surface area contributed by atoms with Crippen LogP contribution in [0.2, 0.25) is 0 Å². The molecule has 1 aliphatic heterocycles. The highest BCUT2D eigenvalue weighted by Gasteiger charge is 2.31. The van der Waals surface area contributed by atoms with E-state index in [-0.39, 0.29) is 0 Å². The van der Waals surface area contributed by atoms with Crippen molar-refractivity contribution in [2.75, 3.05) is 23.7 Å². The summed E-state index contributed by atoms with van der Waals surface area (Å²) in [5.41, 5.74) is 8.50. The molecule has 0 aliphatic carbocycles. The first kappa shape index (κ1) is 12.2. The Kier molecular flexibility index (Phi) is 3.55. The van der Waals surface area contributed by atoms with E-state index in [1.807, 2.05) is 12.3 Å². The molecule has 3 nitrogen and oxygen atoms in total. The molecule has 94 valence electrons. The molecular weight excluding hydrogens is 210 g/mol. The van der Waals surface area contributed by atoms with Gasteiger partial charge in [0.1, 0.15) is 0 Å². The maximum atomic E-state index is 5.98. The van der Waals surface area contributed by atoms with Crippen molar-refractivity contribution < 1.29 is 0 Å². The van der Waals surface area contributed by atoms with Crippen LogP contribution >= 0.6 is 0 Å². The molecule has 0 radical (unpaired) electrons. The van der Waals surface area contributed by atoms with Crippen LogP contribution in [0.25, 0.3) is 0 Å². The molecule has 0 spiro atoms. The molecule has 17 heavy (non-hydrogen) atoms. The third-order valence-corrected chi connectivity index (χ3v) is 4.49. The van der Waals surface area contributed by atoms with Gasteiger partial charge in [0.25, 0.3) is 0 Å². The summed E-state index contributed by atoms with van der Waals surface area (Å²) in [4.78, 5) is 6.45. The summed E-state index contributed by atoms with van der Waals surface area (Å²) in [6, 6.07) is 2.03. The van der Waals surface area contributed by atoms with Gasteiger partial charge in [-0.3, -0.25) is 4.98 Å². The van der Waals surface area contributed by atoms with Crippen LogP contribution in [0.4, 0.5) is 11.4 Å². The Hall–Kier alpha value is -1.25. The molecule has 0 saturated carbocycles. The number of rotatable bonds is 3. The van der Waals surface area contributed by atoms with Crippen molar-refractivity contribution in [1.82, 2.24) is 4.98 Å². The van der Waals surface area contributed by atoms with Crippen LogP contribution in [0.1, 0.15) is 39.5 Å². The first-order valence-electron chi connectivity index (χ1n) is 6.65. The Morgan fingerprint density at radius 3 is 2.47 bits per heavy atom. The van der Waals surface area contributed by atoms with E-state index < -0.39 is 0 Å². The summed E-state index contributed by atoms with van der Waals surface area (Å²) in [7, 11) is 0. The number of nitrogen functional groups attached to an aromatic ring is 1. The van der Waals surface area contributed by atoms with Gasteiger partial charge in [-0.05, 0) is 24.3 Å². The Labute approximate surface area is 104 Å². The first-order valence-corrected chi connectivity index (χ1v) is 6.65. The number of piperidine rings is 1. The summed E-state index contributed by atoms with van der Waals surface area (Å²) in [5.74, 6) is 0. The van der Waals surface area contributed by atoms with Gasteiger partial charge in [-0.2, -0.15) is 0 Å². The number of hydrogen-bond acceptors (Lipinski definition) is 3. The lowest BCUT2D eigenvalue weighted by atomic mass is 9.74. The zero-order valence-corrected chi connectivity index (χ0v) is 10.9.